The fourth-order valence-corrected chi connectivity index (χ4v) is 2.17. The molecule has 0 unspecified atom stereocenters. The van der Waals surface area contributed by atoms with Crippen molar-refractivity contribution in [1.29, 1.82) is 0 Å². The minimum absolute atomic E-state index is 0.205. The Morgan fingerprint density at radius 3 is 2.88 bits per heavy atom. The summed E-state index contributed by atoms with van der Waals surface area (Å²) in [6, 6.07) is 9.12. The van der Waals surface area contributed by atoms with Gasteiger partial charge in [-0.15, -0.1) is 0 Å². The lowest BCUT2D eigenvalue weighted by Gasteiger charge is -2.17. The molecule has 0 saturated carbocycles. The zero-order chi connectivity index (χ0) is 11.7. The molecule has 1 aromatic carbocycles. The van der Waals surface area contributed by atoms with Crippen molar-refractivity contribution in [2.75, 3.05) is 0 Å². The van der Waals surface area contributed by atoms with E-state index in [1.807, 2.05) is 18.2 Å². The number of hydrogen-bond donors (Lipinski definition) is 0. The van der Waals surface area contributed by atoms with E-state index in [2.05, 4.69) is 0 Å². The van der Waals surface area contributed by atoms with Crippen LogP contribution in [0.5, 0.6) is 11.7 Å². The van der Waals surface area contributed by atoms with Gasteiger partial charge in [0.15, 0.2) is 5.78 Å². The molecule has 0 radical (unpaired) electrons. The Hall–Kier alpha value is -2.03. The van der Waals surface area contributed by atoms with Crippen molar-refractivity contribution < 1.29 is 13.9 Å². The number of furan rings is 1. The van der Waals surface area contributed by atoms with E-state index in [1.165, 1.54) is 0 Å². The summed E-state index contributed by atoms with van der Waals surface area (Å²) < 4.78 is 10.8. The molecule has 3 rings (SSSR count). The molecule has 0 spiro atoms. The van der Waals surface area contributed by atoms with Gasteiger partial charge in [-0.2, -0.15) is 0 Å². The summed E-state index contributed by atoms with van der Waals surface area (Å²) in [6.07, 6.45) is 3.98. The van der Waals surface area contributed by atoms with Crippen molar-refractivity contribution in [3.63, 3.8) is 0 Å². The lowest BCUT2D eigenvalue weighted by atomic mass is 9.90. The van der Waals surface area contributed by atoms with Gasteiger partial charge in [-0.25, -0.2) is 0 Å². The van der Waals surface area contributed by atoms with Gasteiger partial charge in [0.2, 0.25) is 0 Å². The predicted molar refractivity (Wildman–Crippen MR) is 62.5 cm³/mol. The lowest BCUT2D eigenvalue weighted by Crippen LogP contribution is -2.11. The Kier molecular flexibility index (Phi) is 2.44. The summed E-state index contributed by atoms with van der Waals surface area (Å²) in [4.78, 5) is 11.8. The molecule has 1 aromatic heterocycles. The first-order chi connectivity index (χ1) is 8.34. The molecular weight excluding hydrogens is 216 g/mol. The van der Waals surface area contributed by atoms with E-state index < -0.39 is 0 Å². The standard InChI is InChI=1S/C14H12O3/c15-12-6-1-5-11-10(12)4-2-7-13(11)17-14-8-3-9-16-14/h2-4,7-9H,1,5-6H2. The molecule has 0 amide bonds. The van der Waals surface area contributed by atoms with Crippen LogP contribution in [0.1, 0.15) is 28.8 Å². The van der Waals surface area contributed by atoms with Crippen LogP contribution in [0.4, 0.5) is 0 Å². The van der Waals surface area contributed by atoms with E-state index in [0.717, 1.165) is 29.7 Å². The number of benzene rings is 1. The van der Waals surface area contributed by atoms with Crippen molar-refractivity contribution in [2.24, 2.45) is 0 Å². The second-order valence-corrected chi connectivity index (χ2v) is 4.09. The fourth-order valence-electron chi connectivity index (χ4n) is 2.17. The average molecular weight is 228 g/mol. The van der Waals surface area contributed by atoms with Gasteiger partial charge in [-0.05, 0) is 25.0 Å². The number of ether oxygens (including phenoxy) is 1. The number of rotatable bonds is 2. The van der Waals surface area contributed by atoms with Gasteiger partial charge in [0, 0.05) is 23.6 Å². The highest BCUT2D eigenvalue weighted by molar-refractivity contribution is 5.99. The molecule has 2 aromatic rings. The molecule has 0 aliphatic heterocycles. The van der Waals surface area contributed by atoms with Crippen LogP contribution in [-0.4, -0.2) is 5.78 Å². The highest BCUT2D eigenvalue weighted by Gasteiger charge is 2.20. The monoisotopic (exact) mass is 228 g/mol. The molecule has 0 N–H and O–H groups in total. The van der Waals surface area contributed by atoms with Gasteiger partial charge in [-0.1, -0.05) is 12.1 Å². The predicted octanol–water partition coefficient (Wildman–Crippen LogP) is 3.59. The summed E-state index contributed by atoms with van der Waals surface area (Å²) >= 11 is 0. The number of carbonyl (C=O) groups is 1. The largest absolute Gasteiger partial charge is 0.434 e. The van der Waals surface area contributed by atoms with Crippen LogP contribution in [0.2, 0.25) is 0 Å². The third-order valence-corrected chi connectivity index (χ3v) is 2.97. The smallest absolute Gasteiger partial charge is 0.289 e. The number of ketones is 1. The maximum Gasteiger partial charge on any atom is 0.289 e. The average Bonchev–Trinajstić information content (AvgIpc) is 2.83. The summed E-state index contributed by atoms with van der Waals surface area (Å²) in [5, 5.41) is 0. The second-order valence-electron chi connectivity index (χ2n) is 4.09. The van der Waals surface area contributed by atoms with Crippen molar-refractivity contribution in [2.45, 2.75) is 19.3 Å². The number of carbonyl (C=O) groups excluding carboxylic acids is 1. The van der Waals surface area contributed by atoms with E-state index in [9.17, 15) is 4.79 Å². The van der Waals surface area contributed by atoms with Crippen molar-refractivity contribution in [1.82, 2.24) is 0 Å². The normalized spacial score (nSPS) is 14.5. The number of hydrogen-bond acceptors (Lipinski definition) is 3. The Morgan fingerprint density at radius 1 is 1.12 bits per heavy atom. The van der Waals surface area contributed by atoms with Gasteiger partial charge in [0.25, 0.3) is 5.95 Å². The topological polar surface area (TPSA) is 39.4 Å². The molecule has 0 fully saturated rings. The molecular formula is C14H12O3. The van der Waals surface area contributed by atoms with Crippen LogP contribution >= 0.6 is 0 Å². The SMILES string of the molecule is O=C1CCCc2c(Oc3ccco3)cccc21. The highest BCUT2D eigenvalue weighted by atomic mass is 16.6. The second kappa shape index (κ2) is 4.09. The zero-order valence-electron chi connectivity index (χ0n) is 9.31. The highest BCUT2D eigenvalue weighted by Crippen LogP contribution is 2.32. The molecule has 17 heavy (non-hydrogen) atoms. The van der Waals surface area contributed by atoms with Crippen LogP contribution in [-0.2, 0) is 6.42 Å². The van der Waals surface area contributed by atoms with Crippen molar-refractivity contribution in [3.05, 3.63) is 47.7 Å². The molecule has 1 aliphatic carbocycles. The molecule has 86 valence electrons. The van der Waals surface area contributed by atoms with Crippen molar-refractivity contribution >= 4 is 5.78 Å². The molecule has 3 nitrogen and oxygen atoms in total. The van der Waals surface area contributed by atoms with E-state index in [0.29, 0.717) is 12.4 Å². The molecule has 0 bridgehead atoms. The summed E-state index contributed by atoms with van der Waals surface area (Å²) in [5.41, 5.74) is 1.79. The molecule has 1 heterocycles. The summed E-state index contributed by atoms with van der Waals surface area (Å²) in [5.74, 6) is 1.39. The molecule has 0 saturated heterocycles. The third-order valence-electron chi connectivity index (χ3n) is 2.97. The van der Waals surface area contributed by atoms with Crippen LogP contribution < -0.4 is 4.74 Å². The molecule has 0 atom stereocenters. The maximum atomic E-state index is 11.8. The van der Waals surface area contributed by atoms with Crippen molar-refractivity contribution in [3.8, 4) is 11.7 Å². The first-order valence-electron chi connectivity index (χ1n) is 5.71. The van der Waals surface area contributed by atoms with E-state index in [4.69, 9.17) is 9.15 Å². The Bertz CT molecular complexity index is 541. The van der Waals surface area contributed by atoms with Crippen LogP contribution in [0, 0.1) is 0 Å². The minimum atomic E-state index is 0.205. The Labute approximate surface area is 99.0 Å². The van der Waals surface area contributed by atoms with Gasteiger partial charge >= 0.3 is 0 Å². The zero-order valence-corrected chi connectivity index (χ0v) is 9.31. The van der Waals surface area contributed by atoms with E-state index >= 15 is 0 Å². The van der Waals surface area contributed by atoms with Gasteiger partial charge in [0.1, 0.15) is 5.75 Å². The van der Waals surface area contributed by atoms with E-state index in [-0.39, 0.29) is 5.78 Å². The van der Waals surface area contributed by atoms with Crippen LogP contribution in [0.25, 0.3) is 0 Å². The van der Waals surface area contributed by atoms with Crippen LogP contribution in [0.15, 0.2) is 41.0 Å². The number of Topliss-reactive ketones (excluding diaryl/α,β-unsaturated/α-hetero) is 1. The first kappa shape index (κ1) is 10.1. The molecule has 3 heteroatoms. The maximum absolute atomic E-state index is 11.8. The van der Waals surface area contributed by atoms with Gasteiger partial charge in [-0.3, -0.25) is 4.79 Å². The summed E-state index contributed by atoms with van der Waals surface area (Å²) in [6.45, 7) is 0. The third kappa shape index (κ3) is 1.84. The van der Waals surface area contributed by atoms with Crippen LogP contribution in [0.3, 0.4) is 0 Å². The Balaban J connectivity index is 2.00. The lowest BCUT2D eigenvalue weighted by molar-refractivity contribution is 0.0971. The minimum Gasteiger partial charge on any atom is -0.434 e. The van der Waals surface area contributed by atoms with Gasteiger partial charge < -0.3 is 9.15 Å². The van der Waals surface area contributed by atoms with Gasteiger partial charge in [0.05, 0.1) is 6.26 Å². The quantitative estimate of drug-likeness (QED) is 0.788. The fraction of sp³-hybridized carbons (Fsp3) is 0.214. The van der Waals surface area contributed by atoms with E-state index in [1.54, 1.807) is 18.4 Å². The number of fused-ring (bicyclic) bond motifs is 1. The first-order valence-corrected chi connectivity index (χ1v) is 5.71. The Morgan fingerprint density at radius 2 is 2.06 bits per heavy atom. The molecule has 1 aliphatic rings. The summed E-state index contributed by atoms with van der Waals surface area (Å²) in [7, 11) is 0.